The first-order chi connectivity index (χ1) is 10.6. The van der Waals surface area contributed by atoms with E-state index in [9.17, 15) is 5.11 Å². The molecule has 0 fully saturated rings. The lowest BCUT2D eigenvalue weighted by atomic mass is 9.90. The standard InChI is InChI=1S/C19H27NO2/c1-2-3-4-8-13-22-19(20)12-11-18(21)17(15-19)14-16-9-6-5-7-10-16/h5-7,9-12,14,18,21H,2-4,8,13,15,20H2,1H3/b17-14-. The molecule has 3 heteroatoms. The zero-order chi connectivity index (χ0) is 15.8. The van der Waals surface area contributed by atoms with E-state index in [-0.39, 0.29) is 0 Å². The highest BCUT2D eigenvalue weighted by molar-refractivity contribution is 5.55. The van der Waals surface area contributed by atoms with Gasteiger partial charge in [0.1, 0.15) is 5.72 Å². The third-order valence-corrected chi connectivity index (χ3v) is 3.94. The molecular weight excluding hydrogens is 274 g/mol. The molecule has 0 aliphatic heterocycles. The van der Waals surface area contributed by atoms with E-state index in [1.807, 2.05) is 36.4 Å². The minimum atomic E-state index is -0.800. The Kier molecular flexibility index (Phi) is 6.37. The van der Waals surface area contributed by atoms with Crippen molar-refractivity contribution < 1.29 is 9.84 Å². The van der Waals surface area contributed by atoms with E-state index in [2.05, 4.69) is 6.92 Å². The number of hydrogen-bond donors (Lipinski definition) is 2. The Morgan fingerprint density at radius 1 is 1.27 bits per heavy atom. The van der Waals surface area contributed by atoms with Crippen molar-refractivity contribution in [3.05, 3.63) is 53.6 Å². The molecular formula is C19H27NO2. The van der Waals surface area contributed by atoms with Crippen molar-refractivity contribution in [2.75, 3.05) is 6.61 Å². The quantitative estimate of drug-likeness (QED) is 0.459. The number of ether oxygens (including phenoxy) is 1. The third kappa shape index (κ3) is 5.09. The summed E-state index contributed by atoms with van der Waals surface area (Å²) in [6.45, 7) is 2.85. The van der Waals surface area contributed by atoms with Gasteiger partial charge in [-0.05, 0) is 23.6 Å². The maximum Gasteiger partial charge on any atom is 0.139 e. The lowest BCUT2D eigenvalue weighted by Gasteiger charge is -2.32. The number of unbranched alkanes of at least 4 members (excludes halogenated alkanes) is 3. The van der Waals surface area contributed by atoms with Crippen LogP contribution in [0.2, 0.25) is 0 Å². The Morgan fingerprint density at radius 2 is 2.05 bits per heavy atom. The first-order valence-electron chi connectivity index (χ1n) is 8.19. The second-order valence-corrected chi connectivity index (χ2v) is 5.97. The van der Waals surface area contributed by atoms with Crippen molar-refractivity contribution in [1.82, 2.24) is 0 Å². The summed E-state index contributed by atoms with van der Waals surface area (Å²) < 4.78 is 5.87. The van der Waals surface area contributed by atoms with E-state index < -0.39 is 11.8 Å². The number of rotatable bonds is 7. The van der Waals surface area contributed by atoms with Gasteiger partial charge in [0.15, 0.2) is 0 Å². The van der Waals surface area contributed by atoms with E-state index in [0.29, 0.717) is 13.0 Å². The molecule has 1 aromatic carbocycles. The predicted octanol–water partition coefficient (Wildman–Crippen LogP) is 3.64. The Bertz CT molecular complexity index is 509. The number of nitrogens with two attached hydrogens (primary N) is 1. The van der Waals surface area contributed by atoms with Crippen LogP contribution in [-0.2, 0) is 4.74 Å². The van der Waals surface area contributed by atoms with Crippen molar-refractivity contribution in [3.8, 4) is 0 Å². The van der Waals surface area contributed by atoms with Crippen LogP contribution in [0.25, 0.3) is 6.08 Å². The molecule has 0 amide bonds. The van der Waals surface area contributed by atoms with Gasteiger partial charge in [0.25, 0.3) is 0 Å². The Balaban J connectivity index is 1.97. The third-order valence-electron chi connectivity index (χ3n) is 3.94. The van der Waals surface area contributed by atoms with Gasteiger partial charge in [0.2, 0.25) is 0 Å². The fourth-order valence-corrected chi connectivity index (χ4v) is 2.65. The Morgan fingerprint density at radius 3 is 2.77 bits per heavy atom. The smallest absolute Gasteiger partial charge is 0.139 e. The molecule has 1 aliphatic rings. The van der Waals surface area contributed by atoms with E-state index in [0.717, 1.165) is 17.6 Å². The fraction of sp³-hybridized carbons (Fsp3) is 0.474. The van der Waals surface area contributed by atoms with Gasteiger partial charge in [-0.25, -0.2) is 0 Å². The normalized spacial score (nSPS) is 26.5. The van der Waals surface area contributed by atoms with Crippen molar-refractivity contribution in [1.29, 1.82) is 0 Å². The van der Waals surface area contributed by atoms with Crippen LogP contribution >= 0.6 is 0 Å². The summed E-state index contributed by atoms with van der Waals surface area (Å²) in [6, 6.07) is 9.98. The molecule has 0 saturated heterocycles. The van der Waals surface area contributed by atoms with E-state index >= 15 is 0 Å². The highest BCUT2D eigenvalue weighted by Gasteiger charge is 2.30. The Hall–Kier alpha value is -1.42. The van der Waals surface area contributed by atoms with Crippen LogP contribution in [0.4, 0.5) is 0 Å². The molecule has 2 rings (SSSR count). The van der Waals surface area contributed by atoms with Gasteiger partial charge in [0.05, 0.1) is 6.10 Å². The van der Waals surface area contributed by atoms with Crippen molar-refractivity contribution in [2.45, 2.75) is 50.9 Å². The van der Waals surface area contributed by atoms with Crippen molar-refractivity contribution in [2.24, 2.45) is 5.73 Å². The summed E-state index contributed by atoms with van der Waals surface area (Å²) in [5.74, 6) is 0. The summed E-state index contributed by atoms with van der Waals surface area (Å²) in [4.78, 5) is 0. The molecule has 22 heavy (non-hydrogen) atoms. The monoisotopic (exact) mass is 301 g/mol. The molecule has 1 aliphatic carbocycles. The van der Waals surface area contributed by atoms with Crippen molar-refractivity contribution in [3.63, 3.8) is 0 Å². The van der Waals surface area contributed by atoms with Gasteiger partial charge < -0.3 is 9.84 Å². The second kappa shape index (κ2) is 8.28. The number of benzene rings is 1. The summed E-state index contributed by atoms with van der Waals surface area (Å²) in [7, 11) is 0. The second-order valence-electron chi connectivity index (χ2n) is 5.97. The van der Waals surface area contributed by atoms with Crippen LogP contribution in [0, 0.1) is 0 Å². The molecule has 0 saturated carbocycles. The fourth-order valence-electron chi connectivity index (χ4n) is 2.65. The van der Waals surface area contributed by atoms with Crippen LogP contribution < -0.4 is 5.73 Å². The van der Waals surface area contributed by atoms with Gasteiger partial charge in [-0.2, -0.15) is 0 Å². The molecule has 3 N–H and O–H groups in total. The van der Waals surface area contributed by atoms with E-state index in [1.165, 1.54) is 19.3 Å². The SMILES string of the molecule is CCCCCCOC1(N)C=CC(O)/C(=C\c2ccccc2)C1. The number of aliphatic hydroxyl groups excluding tert-OH is 1. The van der Waals surface area contributed by atoms with Crippen LogP contribution in [0.5, 0.6) is 0 Å². The highest BCUT2D eigenvalue weighted by atomic mass is 16.5. The number of hydrogen-bond acceptors (Lipinski definition) is 3. The summed E-state index contributed by atoms with van der Waals surface area (Å²) in [6.07, 6.45) is 10.1. The average Bonchev–Trinajstić information content (AvgIpc) is 2.52. The zero-order valence-electron chi connectivity index (χ0n) is 13.4. The predicted molar refractivity (Wildman–Crippen MR) is 91.2 cm³/mol. The molecule has 0 radical (unpaired) electrons. The molecule has 1 aromatic rings. The largest absolute Gasteiger partial charge is 0.385 e. The topological polar surface area (TPSA) is 55.5 Å². The van der Waals surface area contributed by atoms with Crippen LogP contribution in [0.1, 0.15) is 44.6 Å². The minimum absolute atomic E-state index is 0.521. The first kappa shape index (κ1) is 16.9. The maximum atomic E-state index is 10.1. The Labute approximate surface area is 133 Å². The molecule has 0 spiro atoms. The molecule has 2 unspecified atom stereocenters. The van der Waals surface area contributed by atoms with Gasteiger partial charge >= 0.3 is 0 Å². The lowest BCUT2D eigenvalue weighted by molar-refractivity contribution is -0.0122. The molecule has 0 bridgehead atoms. The van der Waals surface area contributed by atoms with Gasteiger partial charge in [0, 0.05) is 13.0 Å². The molecule has 0 heterocycles. The van der Waals surface area contributed by atoms with Crippen molar-refractivity contribution >= 4 is 6.08 Å². The van der Waals surface area contributed by atoms with Gasteiger partial charge in [-0.3, -0.25) is 5.73 Å². The van der Waals surface area contributed by atoms with E-state index in [4.69, 9.17) is 10.5 Å². The molecule has 3 nitrogen and oxygen atoms in total. The number of aliphatic hydroxyl groups is 1. The first-order valence-corrected chi connectivity index (χ1v) is 8.19. The molecule has 0 aromatic heterocycles. The van der Waals surface area contributed by atoms with Gasteiger partial charge in [-0.15, -0.1) is 0 Å². The van der Waals surface area contributed by atoms with Gasteiger partial charge in [-0.1, -0.05) is 68.7 Å². The van der Waals surface area contributed by atoms with Crippen LogP contribution in [0.3, 0.4) is 0 Å². The highest BCUT2D eigenvalue weighted by Crippen LogP contribution is 2.28. The van der Waals surface area contributed by atoms with E-state index in [1.54, 1.807) is 12.2 Å². The summed E-state index contributed by atoms with van der Waals surface area (Å²) >= 11 is 0. The average molecular weight is 301 g/mol. The zero-order valence-corrected chi connectivity index (χ0v) is 13.4. The molecule has 120 valence electrons. The van der Waals surface area contributed by atoms with Crippen LogP contribution in [-0.4, -0.2) is 23.5 Å². The minimum Gasteiger partial charge on any atom is -0.385 e. The summed E-state index contributed by atoms with van der Waals surface area (Å²) in [5.41, 5.74) is 7.48. The maximum absolute atomic E-state index is 10.1. The lowest BCUT2D eigenvalue weighted by Crippen LogP contribution is -2.44. The molecule has 2 atom stereocenters. The summed E-state index contributed by atoms with van der Waals surface area (Å²) in [5, 5.41) is 10.1. The van der Waals surface area contributed by atoms with Crippen LogP contribution in [0.15, 0.2) is 48.1 Å².